The topological polar surface area (TPSA) is 15.3 Å². The molecule has 96 valence electrons. The molecule has 1 atom stereocenters. The van der Waals surface area contributed by atoms with Crippen LogP contribution in [0, 0.1) is 0 Å². The monoisotopic (exact) mass is 238 g/mol. The average molecular weight is 238 g/mol. The molecule has 0 aromatic rings. The SMILES string of the molecule is C=CCNCC(C)N(CCC)CC(F)(F)F. The van der Waals surface area contributed by atoms with Gasteiger partial charge in [0.2, 0.25) is 0 Å². The zero-order valence-corrected chi connectivity index (χ0v) is 9.98. The van der Waals surface area contributed by atoms with Crippen LogP contribution in [0.1, 0.15) is 20.3 Å². The van der Waals surface area contributed by atoms with E-state index in [0.29, 0.717) is 19.6 Å². The molecule has 0 fully saturated rings. The van der Waals surface area contributed by atoms with Gasteiger partial charge in [0, 0.05) is 19.1 Å². The lowest BCUT2D eigenvalue weighted by Gasteiger charge is -2.29. The van der Waals surface area contributed by atoms with Crippen molar-refractivity contribution in [1.82, 2.24) is 10.2 Å². The Morgan fingerprint density at radius 2 is 2.06 bits per heavy atom. The van der Waals surface area contributed by atoms with E-state index >= 15 is 0 Å². The zero-order valence-electron chi connectivity index (χ0n) is 9.98. The van der Waals surface area contributed by atoms with Crippen molar-refractivity contribution < 1.29 is 13.2 Å². The van der Waals surface area contributed by atoms with Gasteiger partial charge < -0.3 is 5.32 Å². The summed E-state index contributed by atoms with van der Waals surface area (Å²) in [5.74, 6) is 0. The molecule has 1 unspecified atom stereocenters. The molecule has 0 amide bonds. The van der Waals surface area contributed by atoms with E-state index in [-0.39, 0.29) is 6.04 Å². The molecule has 0 aromatic carbocycles. The minimum absolute atomic E-state index is 0.124. The minimum atomic E-state index is -4.12. The summed E-state index contributed by atoms with van der Waals surface area (Å²) < 4.78 is 36.9. The van der Waals surface area contributed by atoms with Crippen molar-refractivity contribution in [3.8, 4) is 0 Å². The van der Waals surface area contributed by atoms with Gasteiger partial charge in [-0.15, -0.1) is 6.58 Å². The summed E-state index contributed by atoms with van der Waals surface area (Å²) in [5.41, 5.74) is 0. The third-order valence-electron chi connectivity index (χ3n) is 2.24. The summed E-state index contributed by atoms with van der Waals surface area (Å²) in [6, 6.07) is -0.124. The van der Waals surface area contributed by atoms with Crippen molar-refractivity contribution in [1.29, 1.82) is 0 Å². The summed E-state index contributed by atoms with van der Waals surface area (Å²) in [6.07, 6.45) is -1.70. The first-order chi connectivity index (χ1) is 7.40. The third-order valence-corrected chi connectivity index (χ3v) is 2.24. The van der Waals surface area contributed by atoms with Gasteiger partial charge in [-0.3, -0.25) is 4.90 Å². The molecule has 0 aromatic heterocycles. The van der Waals surface area contributed by atoms with Crippen molar-refractivity contribution in [2.45, 2.75) is 32.5 Å². The van der Waals surface area contributed by atoms with Gasteiger partial charge in [0.15, 0.2) is 0 Å². The molecule has 0 spiro atoms. The fraction of sp³-hybridized carbons (Fsp3) is 0.818. The first-order valence-electron chi connectivity index (χ1n) is 5.53. The van der Waals surface area contributed by atoms with Crippen LogP contribution in [0.2, 0.25) is 0 Å². The van der Waals surface area contributed by atoms with Gasteiger partial charge in [0.25, 0.3) is 0 Å². The Hall–Kier alpha value is -0.550. The molecular weight excluding hydrogens is 217 g/mol. The summed E-state index contributed by atoms with van der Waals surface area (Å²) in [6.45, 7) is 8.03. The van der Waals surface area contributed by atoms with E-state index in [1.165, 1.54) is 4.90 Å². The van der Waals surface area contributed by atoms with Crippen LogP contribution in [0.4, 0.5) is 13.2 Å². The number of hydrogen-bond donors (Lipinski definition) is 1. The first-order valence-corrected chi connectivity index (χ1v) is 5.53. The highest BCUT2D eigenvalue weighted by molar-refractivity contribution is 4.75. The van der Waals surface area contributed by atoms with E-state index in [1.54, 1.807) is 13.0 Å². The Balaban J connectivity index is 4.12. The second-order valence-electron chi connectivity index (χ2n) is 3.88. The molecule has 0 saturated heterocycles. The van der Waals surface area contributed by atoms with Gasteiger partial charge in [-0.25, -0.2) is 0 Å². The minimum Gasteiger partial charge on any atom is -0.312 e. The summed E-state index contributed by atoms with van der Waals surface area (Å²) in [4.78, 5) is 1.45. The smallest absolute Gasteiger partial charge is 0.312 e. The number of halogens is 3. The Morgan fingerprint density at radius 1 is 1.44 bits per heavy atom. The van der Waals surface area contributed by atoms with Crippen molar-refractivity contribution in [2.24, 2.45) is 0 Å². The second kappa shape index (κ2) is 7.68. The standard InChI is InChI=1S/C11H21F3N2/c1-4-6-15-8-10(3)16(7-5-2)9-11(12,13)14/h4,10,15H,1,5-9H2,2-3H3. The predicted molar refractivity (Wildman–Crippen MR) is 60.4 cm³/mol. The molecule has 0 aliphatic carbocycles. The van der Waals surface area contributed by atoms with E-state index in [1.807, 2.05) is 6.92 Å². The molecule has 1 N–H and O–H groups in total. The van der Waals surface area contributed by atoms with E-state index in [4.69, 9.17) is 0 Å². The Bertz CT molecular complexity index is 192. The lowest BCUT2D eigenvalue weighted by atomic mass is 10.2. The molecule has 0 heterocycles. The number of nitrogens with one attached hydrogen (secondary N) is 1. The maximum absolute atomic E-state index is 12.3. The molecule has 5 heteroatoms. The van der Waals surface area contributed by atoms with Crippen LogP contribution in [0.25, 0.3) is 0 Å². The van der Waals surface area contributed by atoms with Gasteiger partial charge in [-0.1, -0.05) is 13.0 Å². The summed E-state index contributed by atoms with van der Waals surface area (Å²) in [5, 5.41) is 3.03. The van der Waals surface area contributed by atoms with Crippen LogP contribution in [-0.2, 0) is 0 Å². The number of alkyl halides is 3. The van der Waals surface area contributed by atoms with Gasteiger partial charge in [-0.05, 0) is 19.9 Å². The molecule has 0 rings (SSSR count). The molecule has 0 aliphatic rings. The van der Waals surface area contributed by atoms with Crippen molar-refractivity contribution in [2.75, 3.05) is 26.2 Å². The molecule has 16 heavy (non-hydrogen) atoms. The molecule has 0 aliphatic heterocycles. The van der Waals surface area contributed by atoms with Crippen molar-refractivity contribution >= 4 is 0 Å². The summed E-state index contributed by atoms with van der Waals surface area (Å²) >= 11 is 0. The molecule has 0 bridgehead atoms. The van der Waals surface area contributed by atoms with Crippen LogP contribution < -0.4 is 5.32 Å². The second-order valence-corrected chi connectivity index (χ2v) is 3.88. The van der Waals surface area contributed by atoms with Crippen LogP contribution in [0.3, 0.4) is 0 Å². The van der Waals surface area contributed by atoms with Crippen LogP contribution >= 0.6 is 0 Å². The zero-order chi connectivity index (χ0) is 12.6. The maximum Gasteiger partial charge on any atom is 0.401 e. The highest BCUT2D eigenvalue weighted by Crippen LogP contribution is 2.18. The van der Waals surface area contributed by atoms with Crippen LogP contribution in [0.15, 0.2) is 12.7 Å². The molecule has 2 nitrogen and oxygen atoms in total. The van der Waals surface area contributed by atoms with E-state index < -0.39 is 12.7 Å². The summed E-state index contributed by atoms with van der Waals surface area (Å²) in [7, 11) is 0. The Kier molecular flexibility index (Phi) is 7.42. The number of rotatable bonds is 8. The van der Waals surface area contributed by atoms with Crippen molar-refractivity contribution in [3.05, 3.63) is 12.7 Å². The highest BCUT2D eigenvalue weighted by atomic mass is 19.4. The third kappa shape index (κ3) is 7.70. The fourth-order valence-electron chi connectivity index (χ4n) is 1.50. The molecular formula is C11H21F3N2. The molecule has 0 saturated carbocycles. The van der Waals surface area contributed by atoms with Crippen LogP contribution in [0.5, 0.6) is 0 Å². The van der Waals surface area contributed by atoms with Gasteiger partial charge in [0.05, 0.1) is 6.54 Å². The lowest BCUT2D eigenvalue weighted by molar-refractivity contribution is -0.150. The van der Waals surface area contributed by atoms with E-state index in [9.17, 15) is 13.2 Å². The van der Waals surface area contributed by atoms with Gasteiger partial charge in [-0.2, -0.15) is 13.2 Å². The fourth-order valence-corrected chi connectivity index (χ4v) is 1.50. The normalized spacial score (nSPS) is 14.1. The number of nitrogens with zero attached hydrogens (tertiary/aromatic N) is 1. The maximum atomic E-state index is 12.3. The largest absolute Gasteiger partial charge is 0.401 e. The van der Waals surface area contributed by atoms with Crippen molar-refractivity contribution in [3.63, 3.8) is 0 Å². The van der Waals surface area contributed by atoms with E-state index in [0.717, 1.165) is 6.42 Å². The van der Waals surface area contributed by atoms with E-state index in [2.05, 4.69) is 11.9 Å². The van der Waals surface area contributed by atoms with Crippen LogP contribution in [-0.4, -0.2) is 43.3 Å². The number of hydrogen-bond acceptors (Lipinski definition) is 2. The highest BCUT2D eigenvalue weighted by Gasteiger charge is 2.32. The Labute approximate surface area is 95.5 Å². The Morgan fingerprint density at radius 3 is 2.50 bits per heavy atom. The average Bonchev–Trinajstić information content (AvgIpc) is 2.15. The lowest BCUT2D eigenvalue weighted by Crippen LogP contribution is -2.45. The van der Waals surface area contributed by atoms with Gasteiger partial charge >= 0.3 is 6.18 Å². The molecule has 0 radical (unpaired) electrons. The quantitative estimate of drug-likeness (QED) is 0.516. The first kappa shape index (κ1) is 15.4. The van der Waals surface area contributed by atoms with Gasteiger partial charge in [0.1, 0.15) is 0 Å². The predicted octanol–water partition coefficient (Wildman–Crippen LogP) is 2.42.